The highest BCUT2D eigenvalue weighted by molar-refractivity contribution is 6.00. The van der Waals surface area contributed by atoms with E-state index in [1.807, 2.05) is 19.9 Å². The summed E-state index contributed by atoms with van der Waals surface area (Å²) in [5, 5.41) is 0. The zero-order valence-corrected chi connectivity index (χ0v) is 9.41. The molecule has 0 heterocycles. The molecule has 3 nitrogen and oxygen atoms in total. The summed E-state index contributed by atoms with van der Waals surface area (Å²) in [7, 11) is 1.61. The van der Waals surface area contributed by atoms with Crippen LogP contribution in [0.1, 0.15) is 29.3 Å². The van der Waals surface area contributed by atoms with E-state index >= 15 is 0 Å². The van der Waals surface area contributed by atoms with E-state index < -0.39 is 6.04 Å². The van der Waals surface area contributed by atoms with Crippen LogP contribution in [-0.2, 0) is 0 Å². The Bertz CT molecular complexity index is 361. The zero-order valence-electron chi connectivity index (χ0n) is 9.41. The van der Waals surface area contributed by atoms with Gasteiger partial charge in [-0.05, 0) is 37.1 Å². The van der Waals surface area contributed by atoms with Crippen molar-refractivity contribution in [2.75, 3.05) is 7.11 Å². The number of benzene rings is 1. The predicted molar refractivity (Wildman–Crippen MR) is 60.3 cm³/mol. The SMILES string of the molecule is CCC(N)C(=O)c1ccc(OC)c(C)c1. The molecule has 0 aromatic heterocycles. The Labute approximate surface area is 90.2 Å². The molecule has 0 saturated heterocycles. The van der Waals surface area contributed by atoms with Gasteiger partial charge in [0.05, 0.1) is 13.2 Å². The Balaban J connectivity index is 2.97. The second kappa shape index (κ2) is 4.94. The van der Waals surface area contributed by atoms with E-state index in [0.717, 1.165) is 11.3 Å². The topological polar surface area (TPSA) is 52.3 Å². The maximum Gasteiger partial charge on any atom is 0.179 e. The first-order valence-corrected chi connectivity index (χ1v) is 5.04. The number of aryl methyl sites for hydroxylation is 1. The predicted octanol–water partition coefficient (Wildman–Crippen LogP) is 1.92. The van der Waals surface area contributed by atoms with Crippen molar-refractivity contribution in [3.63, 3.8) is 0 Å². The Morgan fingerprint density at radius 3 is 2.67 bits per heavy atom. The molecule has 0 saturated carbocycles. The summed E-state index contributed by atoms with van der Waals surface area (Å²) in [5.74, 6) is 0.778. The lowest BCUT2D eigenvalue weighted by Crippen LogP contribution is -2.29. The van der Waals surface area contributed by atoms with Gasteiger partial charge in [-0.3, -0.25) is 4.79 Å². The first kappa shape index (κ1) is 11.7. The summed E-state index contributed by atoms with van der Waals surface area (Å²) >= 11 is 0. The third kappa shape index (κ3) is 2.57. The Morgan fingerprint density at radius 2 is 2.20 bits per heavy atom. The van der Waals surface area contributed by atoms with E-state index in [9.17, 15) is 4.79 Å². The van der Waals surface area contributed by atoms with Crippen molar-refractivity contribution in [3.05, 3.63) is 29.3 Å². The third-order valence-electron chi connectivity index (χ3n) is 2.46. The quantitative estimate of drug-likeness (QED) is 0.767. The van der Waals surface area contributed by atoms with Crippen molar-refractivity contribution in [3.8, 4) is 5.75 Å². The molecule has 1 aromatic carbocycles. The molecule has 0 spiro atoms. The van der Waals surface area contributed by atoms with Crippen LogP contribution in [-0.4, -0.2) is 18.9 Å². The molecule has 0 fully saturated rings. The number of rotatable bonds is 4. The average molecular weight is 207 g/mol. The Kier molecular flexibility index (Phi) is 3.86. The van der Waals surface area contributed by atoms with Gasteiger partial charge in [-0.2, -0.15) is 0 Å². The van der Waals surface area contributed by atoms with Gasteiger partial charge in [0.2, 0.25) is 0 Å². The highest BCUT2D eigenvalue weighted by atomic mass is 16.5. The molecular formula is C12H17NO2. The van der Waals surface area contributed by atoms with Gasteiger partial charge < -0.3 is 10.5 Å². The van der Waals surface area contributed by atoms with Crippen LogP contribution in [0.3, 0.4) is 0 Å². The molecule has 0 aliphatic heterocycles. The molecule has 1 unspecified atom stereocenters. The van der Waals surface area contributed by atoms with Gasteiger partial charge in [-0.25, -0.2) is 0 Å². The van der Waals surface area contributed by atoms with Gasteiger partial charge in [-0.15, -0.1) is 0 Å². The first-order valence-electron chi connectivity index (χ1n) is 5.04. The number of hydrogen-bond acceptors (Lipinski definition) is 3. The summed E-state index contributed by atoms with van der Waals surface area (Å²) in [4.78, 5) is 11.8. The number of hydrogen-bond donors (Lipinski definition) is 1. The van der Waals surface area contributed by atoms with Crippen LogP contribution in [0.2, 0.25) is 0 Å². The van der Waals surface area contributed by atoms with Crippen LogP contribution in [0.25, 0.3) is 0 Å². The lowest BCUT2D eigenvalue weighted by molar-refractivity contribution is 0.0959. The molecule has 0 amide bonds. The van der Waals surface area contributed by atoms with Gasteiger partial charge in [0.1, 0.15) is 5.75 Å². The maximum absolute atomic E-state index is 11.8. The molecule has 1 aromatic rings. The van der Waals surface area contributed by atoms with Crippen molar-refractivity contribution in [1.29, 1.82) is 0 Å². The first-order chi connectivity index (χ1) is 7.10. The number of nitrogens with two attached hydrogens (primary N) is 1. The highest BCUT2D eigenvalue weighted by Gasteiger charge is 2.14. The molecule has 0 bridgehead atoms. The van der Waals surface area contributed by atoms with E-state index in [1.165, 1.54) is 0 Å². The largest absolute Gasteiger partial charge is 0.496 e. The van der Waals surface area contributed by atoms with Gasteiger partial charge in [0.15, 0.2) is 5.78 Å². The molecule has 15 heavy (non-hydrogen) atoms. The van der Waals surface area contributed by atoms with Crippen molar-refractivity contribution in [2.24, 2.45) is 5.73 Å². The summed E-state index contributed by atoms with van der Waals surface area (Å²) in [6.45, 7) is 3.81. The van der Waals surface area contributed by atoms with E-state index in [2.05, 4.69) is 0 Å². The lowest BCUT2D eigenvalue weighted by atomic mass is 10.0. The molecule has 1 rings (SSSR count). The van der Waals surface area contributed by atoms with Crippen LogP contribution in [0, 0.1) is 6.92 Å². The fourth-order valence-electron chi connectivity index (χ4n) is 1.43. The summed E-state index contributed by atoms with van der Waals surface area (Å²) < 4.78 is 5.12. The normalized spacial score (nSPS) is 12.3. The minimum Gasteiger partial charge on any atom is -0.496 e. The molecule has 2 N–H and O–H groups in total. The second-order valence-electron chi connectivity index (χ2n) is 3.56. The van der Waals surface area contributed by atoms with Crippen molar-refractivity contribution < 1.29 is 9.53 Å². The van der Waals surface area contributed by atoms with Crippen LogP contribution in [0.4, 0.5) is 0 Å². The van der Waals surface area contributed by atoms with E-state index in [1.54, 1.807) is 19.2 Å². The van der Waals surface area contributed by atoms with Crippen molar-refractivity contribution >= 4 is 5.78 Å². The van der Waals surface area contributed by atoms with Crippen LogP contribution >= 0.6 is 0 Å². The number of carbonyl (C=O) groups is 1. The lowest BCUT2D eigenvalue weighted by Gasteiger charge is -2.10. The molecule has 0 aliphatic carbocycles. The van der Waals surface area contributed by atoms with E-state index in [-0.39, 0.29) is 5.78 Å². The fourth-order valence-corrected chi connectivity index (χ4v) is 1.43. The number of Topliss-reactive ketones (excluding diaryl/α,β-unsaturated/α-hetero) is 1. The maximum atomic E-state index is 11.8. The number of ketones is 1. The fraction of sp³-hybridized carbons (Fsp3) is 0.417. The van der Waals surface area contributed by atoms with E-state index in [4.69, 9.17) is 10.5 Å². The smallest absolute Gasteiger partial charge is 0.179 e. The summed E-state index contributed by atoms with van der Waals surface area (Å²) in [6, 6.07) is 4.96. The minimum absolute atomic E-state index is 0.0109. The van der Waals surface area contributed by atoms with Crippen LogP contribution in [0.15, 0.2) is 18.2 Å². The number of carbonyl (C=O) groups excluding carboxylic acids is 1. The summed E-state index contributed by atoms with van der Waals surface area (Å²) in [5.41, 5.74) is 7.29. The average Bonchev–Trinajstić information content (AvgIpc) is 2.26. The van der Waals surface area contributed by atoms with Crippen molar-refractivity contribution in [2.45, 2.75) is 26.3 Å². The van der Waals surface area contributed by atoms with Gasteiger partial charge in [0.25, 0.3) is 0 Å². The van der Waals surface area contributed by atoms with Gasteiger partial charge in [0, 0.05) is 5.56 Å². The van der Waals surface area contributed by atoms with E-state index in [0.29, 0.717) is 12.0 Å². The van der Waals surface area contributed by atoms with Crippen molar-refractivity contribution in [1.82, 2.24) is 0 Å². The molecule has 0 radical (unpaired) electrons. The minimum atomic E-state index is -0.405. The van der Waals surface area contributed by atoms with Crippen LogP contribution in [0.5, 0.6) is 5.75 Å². The molecule has 3 heteroatoms. The molecular weight excluding hydrogens is 190 g/mol. The number of ether oxygens (including phenoxy) is 1. The summed E-state index contributed by atoms with van der Waals surface area (Å²) in [6.07, 6.45) is 0.657. The second-order valence-corrected chi connectivity index (χ2v) is 3.56. The Morgan fingerprint density at radius 1 is 1.53 bits per heavy atom. The Hall–Kier alpha value is -1.35. The monoisotopic (exact) mass is 207 g/mol. The third-order valence-corrected chi connectivity index (χ3v) is 2.46. The molecule has 1 atom stereocenters. The van der Waals surface area contributed by atoms with Gasteiger partial charge in [-0.1, -0.05) is 6.92 Å². The highest BCUT2D eigenvalue weighted by Crippen LogP contribution is 2.19. The molecule has 0 aliphatic rings. The number of methoxy groups -OCH3 is 1. The molecule has 82 valence electrons. The van der Waals surface area contributed by atoms with Gasteiger partial charge >= 0.3 is 0 Å². The zero-order chi connectivity index (χ0) is 11.4. The standard InChI is InChI=1S/C12H17NO2/c1-4-10(13)12(14)9-5-6-11(15-3)8(2)7-9/h5-7,10H,4,13H2,1-3H3. The van der Waals surface area contributed by atoms with Crippen LogP contribution < -0.4 is 10.5 Å².